The first-order chi connectivity index (χ1) is 16.9. The van der Waals surface area contributed by atoms with Crippen LogP contribution in [-0.2, 0) is 21.9 Å². The van der Waals surface area contributed by atoms with Crippen LogP contribution in [0.3, 0.4) is 0 Å². The van der Waals surface area contributed by atoms with Crippen molar-refractivity contribution < 1.29 is 45.4 Å². The molecule has 0 unspecified atom stereocenters. The van der Waals surface area contributed by atoms with Crippen LogP contribution in [0.1, 0.15) is 22.3 Å². The van der Waals surface area contributed by atoms with Crippen molar-refractivity contribution in [2.24, 2.45) is 0 Å². The summed E-state index contributed by atoms with van der Waals surface area (Å²) in [5.41, 5.74) is -1.54. The monoisotopic (exact) mass is 506 g/mol. The van der Waals surface area contributed by atoms with E-state index in [-0.39, 0.29) is 22.6 Å². The third-order valence-electron chi connectivity index (χ3n) is 4.52. The highest BCUT2D eigenvalue weighted by molar-refractivity contribution is 5.91. The number of para-hydroxylation sites is 2. The Morgan fingerprint density at radius 3 is 1.33 bits per heavy atom. The van der Waals surface area contributed by atoms with Gasteiger partial charge in [-0.15, -0.1) is 0 Å². The summed E-state index contributed by atoms with van der Waals surface area (Å²) in [6, 6.07) is 14.2. The Labute approximate surface area is 201 Å². The van der Waals surface area contributed by atoms with E-state index in [0.29, 0.717) is 0 Å². The number of hydrogen-bond acceptors (Lipinski definition) is 4. The molecule has 0 atom stereocenters. The van der Waals surface area contributed by atoms with Gasteiger partial charge in [0.1, 0.15) is 0 Å². The zero-order valence-corrected chi connectivity index (χ0v) is 18.1. The van der Waals surface area contributed by atoms with E-state index in [2.05, 4.69) is 0 Å². The Hall–Kier alpha value is -4.34. The highest BCUT2D eigenvalue weighted by Gasteiger charge is 2.30. The normalized spacial score (nSPS) is 12.2. The topological polar surface area (TPSA) is 52.6 Å². The first-order valence-electron chi connectivity index (χ1n) is 10.2. The predicted molar refractivity (Wildman–Crippen MR) is 119 cm³/mol. The van der Waals surface area contributed by atoms with E-state index < -0.39 is 35.4 Å². The van der Waals surface area contributed by atoms with E-state index >= 15 is 0 Å². The van der Waals surface area contributed by atoms with Crippen molar-refractivity contribution >= 4 is 24.1 Å². The highest BCUT2D eigenvalue weighted by atomic mass is 19.4. The van der Waals surface area contributed by atoms with E-state index in [4.69, 9.17) is 9.47 Å². The summed E-state index contributed by atoms with van der Waals surface area (Å²) >= 11 is 0. The molecule has 0 spiro atoms. The fourth-order valence-electron chi connectivity index (χ4n) is 2.87. The van der Waals surface area contributed by atoms with Crippen LogP contribution in [0.5, 0.6) is 11.5 Å². The smallest absolute Gasteiger partial charge is 0.416 e. The van der Waals surface area contributed by atoms with Crippen LogP contribution in [0.2, 0.25) is 0 Å². The zero-order chi connectivity index (χ0) is 26.3. The van der Waals surface area contributed by atoms with Crippen molar-refractivity contribution in [3.63, 3.8) is 0 Å². The van der Waals surface area contributed by atoms with Crippen molar-refractivity contribution in [3.05, 3.63) is 107 Å². The molecule has 0 radical (unpaired) electrons. The lowest BCUT2D eigenvalue weighted by atomic mass is 10.1. The minimum absolute atomic E-state index is 0.112. The third-order valence-corrected chi connectivity index (χ3v) is 4.52. The molecule has 3 aromatic rings. The summed E-state index contributed by atoms with van der Waals surface area (Å²) in [5, 5.41) is 0. The van der Waals surface area contributed by atoms with Gasteiger partial charge >= 0.3 is 24.3 Å². The second kappa shape index (κ2) is 10.9. The molecular formula is C26H16F6O4. The minimum Gasteiger partial charge on any atom is -0.419 e. The van der Waals surface area contributed by atoms with Crippen LogP contribution in [0, 0.1) is 0 Å². The van der Waals surface area contributed by atoms with Crippen LogP contribution in [-0.4, -0.2) is 11.9 Å². The number of halogens is 6. The summed E-state index contributed by atoms with van der Waals surface area (Å²) in [4.78, 5) is 24.3. The van der Waals surface area contributed by atoms with Gasteiger partial charge in [-0.25, -0.2) is 9.59 Å². The molecule has 186 valence electrons. The molecule has 0 aliphatic rings. The molecule has 3 aromatic carbocycles. The fourth-order valence-corrected chi connectivity index (χ4v) is 2.87. The Bertz CT molecular complexity index is 1210. The number of benzene rings is 3. The lowest BCUT2D eigenvalue weighted by Gasteiger charge is -2.08. The second-order valence-corrected chi connectivity index (χ2v) is 7.20. The fraction of sp³-hybridized carbons (Fsp3) is 0.0769. The number of alkyl halides is 6. The molecule has 0 saturated carbocycles. The van der Waals surface area contributed by atoms with Crippen LogP contribution in [0.15, 0.2) is 84.9 Å². The van der Waals surface area contributed by atoms with E-state index in [1.165, 1.54) is 48.5 Å². The van der Waals surface area contributed by atoms with Gasteiger partial charge in [0, 0.05) is 12.2 Å². The third kappa shape index (κ3) is 7.59. The maximum absolute atomic E-state index is 12.8. The molecular weight excluding hydrogens is 490 g/mol. The van der Waals surface area contributed by atoms with Gasteiger partial charge in [-0.3, -0.25) is 0 Å². The van der Waals surface area contributed by atoms with E-state index in [1.54, 1.807) is 0 Å². The van der Waals surface area contributed by atoms with Crippen LogP contribution in [0.4, 0.5) is 26.3 Å². The molecule has 0 aliphatic heterocycles. The summed E-state index contributed by atoms with van der Waals surface area (Å²) in [6.45, 7) is 0. The van der Waals surface area contributed by atoms with E-state index in [1.807, 2.05) is 0 Å². The van der Waals surface area contributed by atoms with Gasteiger partial charge in [0.2, 0.25) is 0 Å². The summed E-state index contributed by atoms with van der Waals surface area (Å²) in [6.07, 6.45) is -5.01. The lowest BCUT2D eigenvalue weighted by molar-refractivity contribution is -0.138. The summed E-state index contributed by atoms with van der Waals surface area (Å²) < 4.78 is 87.1. The number of carbonyl (C=O) groups is 2. The van der Waals surface area contributed by atoms with E-state index in [0.717, 1.165) is 48.6 Å². The zero-order valence-electron chi connectivity index (χ0n) is 18.1. The molecule has 0 heterocycles. The van der Waals surface area contributed by atoms with Gasteiger partial charge in [0.05, 0.1) is 11.1 Å². The predicted octanol–water partition coefficient (Wildman–Crippen LogP) is 6.96. The van der Waals surface area contributed by atoms with Crippen molar-refractivity contribution in [1.82, 2.24) is 0 Å². The van der Waals surface area contributed by atoms with E-state index in [9.17, 15) is 35.9 Å². The van der Waals surface area contributed by atoms with Crippen molar-refractivity contribution in [2.75, 3.05) is 0 Å². The number of esters is 2. The second-order valence-electron chi connectivity index (χ2n) is 7.20. The highest BCUT2D eigenvalue weighted by Crippen LogP contribution is 2.31. The number of hydrogen-bond donors (Lipinski definition) is 0. The molecule has 4 nitrogen and oxygen atoms in total. The molecule has 3 rings (SSSR count). The van der Waals surface area contributed by atoms with Crippen molar-refractivity contribution in [2.45, 2.75) is 12.4 Å². The van der Waals surface area contributed by atoms with Gasteiger partial charge in [-0.2, -0.15) is 26.3 Å². The quantitative estimate of drug-likeness (QED) is 0.157. The minimum atomic E-state index is -4.54. The molecule has 0 bridgehead atoms. The van der Waals surface area contributed by atoms with Crippen LogP contribution >= 0.6 is 0 Å². The first-order valence-corrected chi connectivity index (χ1v) is 10.2. The van der Waals surface area contributed by atoms with Gasteiger partial charge in [0.25, 0.3) is 0 Å². The number of ether oxygens (including phenoxy) is 2. The molecule has 0 aliphatic carbocycles. The summed E-state index contributed by atoms with van der Waals surface area (Å²) in [5.74, 6) is -2.21. The Morgan fingerprint density at radius 1 is 0.583 bits per heavy atom. The number of rotatable bonds is 6. The van der Waals surface area contributed by atoms with Gasteiger partial charge < -0.3 is 9.47 Å². The SMILES string of the molecule is O=C(/C=C/c1cccc(C(F)(F)F)c1)Oc1ccccc1OC(=O)/C=C/c1cccc(C(F)(F)F)c1. The van der Waals surface area contributed by atoms with Gasteiger partial charge in [0.15, 0.2) is 11.5 Å². The maximum atomic E-state index is 12.8. The van der Waals surface area contributed by atoms with Gasteiger partial charge in [-0.05, 0) is 59.7 Å². The maximum Gasteiger partial charge on any atom is 0.416 e. The van der Waals surface area contributed by atoms with Gasteiger partial charge in [-0.1, -0.05) is 36.4 Å². The Balaban J connectivity index is 1.66. The Kier molecular flexibility index (Phi) is 7.98. The average Bonchev–Trinajstić information content (AvgIpc) is 2.82. The molecule has 10 heteroatoms. The molecule has 0 N–H and O–H groups in total. The molecule has 0 amide bonds. The van der Waals surface area contributed by atoms with Crippen molar-refractivity contribution in [1.29, 1.82) is 0 Å². The first kappa shape index (κ1) is 26.3. The van der Waals surface area contributed by atoms with Crippen LogP contribution in [0.25, 0.3) is 12.2 Å². The lowest BCUT2D eigenvalue weighted by Crippen LogP contribution is -2.09. The molecule has 0 aromatic heterocycles. The van der Waals surface area contributed by atoms with Crippen LogP contribution < -0.4 is 9.47 Å². The van der Waals surface area contributed by atoms with Crippen molar-refractivity contribution in [3.8, 4) is 11.5 Å². The summed E-state index contributed by atoms with van der Waals surface area (Å²) in [7, 11) is 0. The Morgan fingerprint density at radius 2 is 0.972 bits per heavy atom. The standard InChI is InChI=1S/C26H16F6O4/c27-25(28,29)19-7-3-5-17(15-19)11-13-23(33)35-21-9-1-2-10-22(21)36-24(34)14-12-18-6-4-8-20(16-18)26(30,31)32/h1-16H/b13-11+,14-12+. The number of carbonyl (C=O) groups excluding carboxylic acids is 2. The molecule has 0 fully saturated rings. The molecule has 0 saturated heterocycles. The largest absolute Gasteiger partial charge is 0.419 e. The average molecular weight is 506 g/mol. The molecule has 36 heavy (non-hydrogen) atoms.